The van der Waals surface area contributed by atoms with Crippen LogP contribution in [-0.4, -0.2) is 34.8 Å². The maximum Gasteiger partial charge on any atom is 0.248 e. The molecule has 0 bridgehead atoms. The predicted octanol–water partition coefficient (Wildman–Crippen LogP) is 1.30. The van der Waals surface area contributed by atoms with Crippen molar-refractivity contribution in [2.45, 2.75) is 58.5 Å². The molecule has 16 heavy (non-hydrogen) atoms. The first kappa shape index (κ1) is 13.0. The fourth-order valence-corrected chi connectivity index (χ4v) is 2.15. The van der Waals surface area contributed by atoms with Crippen molar-refractivity contribution in [3.8, 4) is 0 Å². The van der Waals surface area contributed by atoms with Gasteiger partial charge in [0, 0.05) is 6.54 Å². The molecule has 1 N–H and O–H groups in total. The highest BCUT2D eigenvalue weighted by Crippen LogP contribution is 2.22. The van der Waals surface area contributed by atoms with Crippen molar-refractivity contribution in [1.82, 2.24) is 10.2 Å². The summed E-state index contributed by atoms with van der Waals surface area (Å²) < 4.78 is 0. The molecule has 4 heteroatoms. The molecule has 0 spiro atoms. The predicted molar refractivity (Wildman–Crippen MR) is 62.9 cm³/mol. The fourth-order valence-electron chi connectivity index (χ4n) is 2.15. The molecule has 1 fully saturated rings. The van der Waals surface area contributed by atoms with Crippen molar-refractivity contribution in [1.29, 1.82) is 0 Å². The zero-order valence-corrected chi connectivity index (χ0v) is 10.7. The van der Waals surface area contributed by atoms with Gasteiger partial charge >= 0.3 is 0 Å². The molecule has 2 unspecified atom stereocenters. The number of rotatable bonds is 4. The normalized spacial score (nSPS) is 30.5. The highest BCUT2D eigenvalue weighted by molar-refractivity contribution is 5.99. The minimum absolute atomic E-state index is 0.0140. The Kier molecular flexibility index (Phi) is 3.94. The van der Waals surface area contributed by atoms with E-state index in [1.165, 1.54) is 0 Å². The third-order valence-corrected chi connectivity index (χ3v) is 3.37. The zero-order valence-electron chi connectivity index (χ0n) is 10.7. The summed E-state index contributed by atoms with van der Waals surface area (Å²) in [5, 5.41) is 2.85. The van der Waals surface area contributed by atoms with Crippen LogP contribution < -0.4 is 5.32 Å². The number of hydrogen-bond acceptors (Lipinski definition) is 2. The Balaban J connectivity index is 2.98. The first-order valence-corrected chi connectivity index (χ1v) is 6.13. The molecule has 0 aliphatic carbocycles. The van der Waals surface area contributed by atoms with Gasteiger partial charge in [0.15, 0.2) is 0 Å². The SMILES string of the molecule is CCCN1C(=O)C(C)(CC)NC(=O)C1CC. The van der Waals surface area contributed by atoms with E-state index >= 15 is 0 Å². The molecule has 92 valence electrons. The zero-order chi connectivity index (χ0) is 12.3. The van der Waals surface area contributed by atoms with Crippen molar-refractivity contribution < 1.29 is 9.59 Å². The lowest BCUT2D eigenvalue weighted by Gasteiger charge is -2.43. The lowest BCUT2D eigenvalue weighted by molar-refractivity contribution is -0.154. The number of carbonyl (C=O) groups excluding carboxylic acids is 2. The van der Waals surface area contributed by atoms with Gasteiger partial charge in [-0.05, 0) is 26.2 Å². The molecule has 1 aliphatic heterocycles. The van der Waals surface area contributed by atoms with E-state index in [4.69, 9.17) is 0 Å². The molecular weight excluding hydrogens is 204 g/mol. The van der Waals surface area contributed by atoms with Crippen LogP contribution in [0.2, 0.25) is 0 Å². The Labute approximate surface area is 97.4 Å². The number of carbonyl (C=O) groups is 2. The van der Waals surface area contributed by atoms with Crippen LogP contribution in [0.4, 0.5) is 0 Å². The average Bonchev–Trinajstić information content (AvgIpc) is 2.26. The van der Waals surface area contributed by atoms with Gasteiger partial charge in [-0.2, -0.15) is 0 Å². The summed E-state index contributed by atoms with van der Waals surface area (Å²) in [5.74, 6) is 0.0446. The maximum atomic E-state index is 12.3. The minimum Gasteiger partial charge on any atom is -0.340 e. The molecule has 2 atom stereocenters. The first-order valence-electron chi connectivity index (χ1n) is 6.13. The van der Waals surface area contributed by atoms with Crippen molar-refractivity contribution in [3.05, 3.63) is 0 Å². The molecule has 2 amide bonds. The van der Waals surface area contributed by atoms with Crippen LogP contribution in [0.1, 0.15) is 47.0 Å². The van der Waals surface area contributed by atoms with Gasteiger partial charge in [0.1, 0.15) is 11.6 Å². The molecule has 0 aromatic carbocycles. The van der Waals surface area contributed by atoms with E-state index in [1.54, 1.807) is 4.90 Å². The van der Waals surface area contributed by atoms with Crippen molar-refractivity contribution in [3.63, 3.8) is 0 Å². The van der Waals surface area contributed by atoms with E-state index in [9.17, 15) is 9.59 Å². The Morgan fingerprint density at radius 1 is 1.31 bits per heavy atom. The summed E-state index contributed by atoms with van der Waals surface area (Å²) in [5.41, 5.74) is -0.710. The molecule has 1 heterocycles. The van der Waals surface area contributed by atoms with Crippen LogP contribution in [-0.2, 0) is 9.59 Å². The smallest absolute Gasteiger partial charge is 0.248 e. The molecule has 0 aromatic rings. The van der Waals surface area contributed by atoms with E-state index in [-0.39, 0.29) is 17.9 Å². The molecule has 0 radical (unpaired) electrons. The quantitative estimate of drug-likeness (QED) is 0.785. The summed E-state index contributed by atoms with van der Waals surface area (Å²) in [6.45, 7) is 8.36. The maximum absolute atomic E-state index is 12.3. The van der Waals surface area contributed by atoms with Crippen LogP contribution in [0.25, 0.3) is 0 Å². The van der Waals surface area contributed by atoms with Gasteiger partial charge in [0.25, 0.3) is 0 Å². The van der Waals surface area contributed by atoms with E-state index in [2.05, 4.69) is 5.32 Å². The average molecular weight is 226 g/mol. The summed E-state index contributed by atoms with van der Waals surface area (Å²) >= 11 is 0. The topological polar surface area (TPSA) is 49.4 Å². The van der Waals surface area contributed by atoms with Gasteiger partial charge < -0.3 is 10.2 Å². The molecule has 4 nitrogen and oxygen atoms in total. The largest absolute Gasteiger partial charge is 0.340 e. The highest BCUT2D eigenvalue weighted by Gasteiger charge is 2.45. The lowest BCUT2D eigenvalue weighted by Crippen LogP contribution is -2.68. The van der Waals surface area contributed by atoms with Crippen molar-refractivity contribution in [2.75, 3.05) is 6.54 Å². The summed E-state index contributed by atoms with van der Waals surface area (Å²) in [6.07, 6.45) is 2.20. The number of hydrogen-bond donors (Lipinski definition) is 1. The second-order valence-corrected chi connectivity index (χ2v) is 4.60. The Bertz CT molecular complexity index is 291. The number of nitrogens with zero attached hydrogens (tertiary/aromatic N) is 1. The molecule has 1 aliphatic rings. The lowest BCUT2D eigenvalue weighted by atomic mass is 9.91. The molecule has 1 rings (SSSR count). The van der Waals surface area contributed by atoms with Gasteiger partial charge in [-0.15, -0.1) is 0 Å². The summed E-state index contributed by atoms with van der Waals surface area (Å²) in [7, 11) is 0. The van der Waals surface area contributed by atoms with Gasteiger partial charge in [0.05, 0.1) is 0 Å². The second kappa shape index (κ2) is 4.85. The molecule has 0 saturated carbocycles. The molecule has 0 aromatic heterocycles. The van der Waals surface area contributed by atoms with Gasteiger partial charge in [-0.25, -0.2) is 0 Å². The van der Waals surface area contributed by atoms with Crippen LogP contribution in [0.5, 0.6) is 0 Å². The van der Waals surface area contributed by atoms with Crippen LogP contribution in [0.3, 0.4) is 0 Å². The Morgan fingerprint density at radius 2 is 1.94 bits per heavy atom. The fraction of sp³-hybridized carbons (Fsp3) is 0.833. The highest BCUT2D eigenvalue weighted by atomic mass is 16.2. The monoisotopic (exact) mass is 226 g/mol. The summed E-state index contributed by atoms with van der Waals surface area (Å²) in [4.78, 5) is 26.0. The van der Waals surface area contributed by atoms with Crippen molar-refractivity contribution >= 4 is 11.8 Å². The van der Waals surface area contributed by atoms with Crippen LogP contribution in [0.15, 0.2) is 0 Å². The van der Waals surface area contributed by atoms with E-state index < -0.39 is 5.54 Å². The van der Waals surface area contributed by atoms with E-state index in [0.717, 1.165) is 6.42 Å². The van der Waals surface area contributed by atoms with Gasteiger partial charge in [-0.1, -0.05) is 20.8 Å². The van der Waals surface area contributed by atoms with Crippen molar-refractivity contribution in [2.24, 2.45) is 0 Å². The van der Waals surface area contributed by atoms with Crippen LogP contribution >= 0.6 is 0 Å². The molecule has 1 saturated heterocycles. The second-order valence-electron chi connectivity index (χ2n) is 4.60. The Hall–Kier alpha value is -1.06. The number of piperazine rings is 1. The number of nitrogens with one attached hydrogen (secondary N) is 1. The van der Waals surface area contributed by atoms with Gasteiger partial charge in [0.2, 0.25) is 11.8 Å². The van der Waals surface area contributed by atoms with E-state index in [1.807, 2.05) is 27.7 Å². The third-order valence-electron chi connectivity index (χ3n) is 3.37. The Morgan fingerprint density at radius 3 is 2.38 bits per heavy atom. The minimum atomic E-state index is -0.710. The van der Waals surface area contributed by atoms with E-state index in [0.29, 0.717) is 19.4 Å². The third kappa shape index (κ3) is 2.06. The summed E-state index contributed by atoms with van der Waals surface area (Å²) in [6, 6.07) is -0.285. The van der Waals surface area contributed by atoms with Gasteiger partial charge in [-0.3, -0.25) is 9.59 Å². The first-order chi connectivity index (χ1) is 7.50. The standard InChI is InChI=1S/C12H22N2O2/c1-5-8-14-9(6-2)10(15)13-12(4,7-3)11(14)16/h9H,5-8H2,1-4H3,(H,13,15). The molecular formula is C12H22N2O2. The number of amides is 2. The van der Waals surface area contributed by atoms with Crippen LogP contribution in [0, 0.1) is 0 Å².